The van der Waals surface area contributed by atoms with E-state index in [-0.39, 0.29) is 83.9 Å². The summed E-state index contributed by atoms with van der Waals surface area (Å²) in [6, 6.07) is 0.0233. The lowest BCUT2D eigenvalue weighted by Crippen LogP contribution is -2.55. The summed E-state index contributed by atoms with van der Waals surface area (Å²) in [5.74, 6) is 3.18. The fraction of sp³-hybridized carbons (Fsp3) is 0.913. The smallest absolute Gasteiger partial charge is 0.233 e. The number of imide groups is 2. The van der Waals surface area contributed by atoms with E-state index in [9.17, 15) is 19.2 Å². The number of nitrogens with zero attached hydrogens (tertiary/aromatic N) is 2. The maximum absolute atomic E-state index is 14.1. The average Bonchev–Trinajstić information content (AvgIpc) is 3.55. The van der Waals surface area contributed by atoms with Crippen LogP contribution in [0.5, 0.6) is 0 Å². The minimum atomic E-state index is -0.235. The number of amides is 4. The molecule has 9 unspecified atom stereocenters. The molecule has 2 aliphatic heterocycles. The first kappa shape index (κ1) is 37.4. The third kappa shape index (κ3) is 6.88. The third-order valence-electron chi connectivity index (χ3n) is 17.7. The molecule has 11 fully saturated rings. The number of likely N-dealkylation sites (tertiary alicyclic amines) is 2. The highest BCUT2D eigenvalue weighted by Gasteiger charge is 2.58. The Hall–Kier alpha value is -1.84. The van der Waals surface area contributed by atoms with Gasteiger partial charge in [-0.05, 0) is 183 Å². The quantitative estimate of drug-likeness (QED) is 0.235. The Bertz CT molecular complexity index is 1460. The second-order valence-corrected chi connectivity index (χ2v) is 21.2. The average molecular weight is 761 g/mol. The van der Waals surface area contributed by atoms with Crippen molar-refractivity contribution in [2.75, 3.05) is 7.05 Å². The molecule has 0 spiro atoms. The van der Waals surface area contributed by atoms with E-state index < -0.39 is 0 Å². The molecule has 0 N–H and O–H groups in total. The van der Waals surface area contributed by atoms with Crippen molar-refractivity contribution in [2.45, 2.75) is 197 Å². The first-order valence-corrected chi connectivity index (χ1v) is 23.3. The Morgan fingerprint density at radius 1 is 0.473 bits per heavy atom. The standard InChI is InChI=1S/C46H68N2O7/c1-26-3-7-31(8-4-26)53-32-9-5-30(6-10-32)48-44(51)37-15-12-34(21-39(37)45(48)52)55-41-16-13-35(54-33-11-14-36-38(20-33)43(50)47(2)42(36)49)22-40(41)46-23-27-17-28(24-46)19-29(18-27)25-46/h26-41H,3-25H2,1-2H3. The lowest BCUT2D eigenvalue weighted by molar-refractivity contribution is -0.185. The Morgan fingerprint density at radius 2 is 0.927 bits per heavy atom. The van der Waals surface area contributed by atoms with Gasteiger partial charge in [-0.3, -0.25) is 29.0 Å². The van der Waals surface area contributed by atoms with Gasteiger partial charge >= 0.3 is 0 Å². The van der Waals surface area contributed by atoms with Crippen LogP contribution in [0.15, 0.2) is 0 Å². The maximum atomic E-state index is 14.1. The molecule has 0 aromatic carbocycles. The number of rotatable bonds is 8. The fourth-order valence-electron chi connectivity index (χ4n) is 15.3. The van der Waals surface area contributed by atoms with Crippen LogP contribution in [0.2, 0.25) is 0 Å². The van der Waals surface area contributed by atoms with E-state index in [4.69, 9.17) is 14.2 Å². The van der Waals surface area contributed by atoms with Crippen molar-refractivity contribution >= 4 is 23.6 Å². The number of carbonyl (C=O) groups excluding carboxylic acids is 4. The number of carbonyl (C=O) groups is 4. The molecular formula is C46H68N2O7. The van der Waals surface area contributed by atoms with Gasteiger partial charge in [-0.1, -0.05) is 6.92 Å². The van der Waals surface area contributed by atoms with E-state index in [1.54, 1.807) is 11.9 Å². The molecule has 4 bridgehead atoms. The summed E-state index contributed by atoms with van der Waals surface area (Å²) in [7, 11) is 1.64. The Balaban J connectivity index is 0.785. The molecule has 0 radical (unpaired) electrons. The summed E-state index contributed by atoms with van der Waals surface area (Å²) in [6.07, 6.45) is 25.3. The van der Waals surface area contributed by atoms with Gasteiger partial charge in [0.25, 0.3) is 0 Å². The van der Waals surface area contributed by atoms with E-state index >= 15 is 0 Å². The summed E-state index contributed by atoms with van der Waals surface area (Å²) in [4.78, 5) is 56.6. The zero-order chi connectivity index (χ0) is 37.6. The molecule has 9 heteroatoms. The van der Waals surface area contributed by atoms with Gasteiger partial charge in [0.2, 0.25) is 23.6 Å². The Labute approximate surface area is 329 Å². The van der Waals surface area contributed by atoms with Crippen molar-refractivity contribution in [1.29, 1.82) is 0 Å². The Morgan fingerprint density at radius 3 is 1.56 bits per heavy atom. The van der Waals surface area contributed by atoms with Crippen molar-refractivity contribution in [2.24, 2.45) is 58.7 Å². The van der Waals surface area contributed by atoms with Crippen molar-refractivity contribution in [3.8, 4) is 0 Å². The van der Waals surface area contributed by atoms with Crippen LogP contribution in [0.4, 0.5) is 0 Å². The SMILES string of the molecule is CC1CCC(OC2CCC(N3C(=O)C4CCC(OC5CCC(OC6CCC7C(=O)N(C)C(=O)C7C6)CC5C56CC7CC(CC(C7)C5)C6)CC4C3=O)CC2)CC1. The van der Waals surface area contributed by atoms with Gasteiger partial charge in [-0.25, -0.2) is 0 Å². The molecule has 2 saturated heterocycles. The van der Waals surface area contributed by atoms with E-state index in [0.29, 0.717) is 30.3 Å². The largest absolute Gasteiger partial charge is 0.375 e. The third-order valence-corrected chi connectivity index (χ3v) is 17.7. The van der Waals surface area contributed by atoms with E-state index in [2.05, 4.69) is 6.92 Å². The van der Waals surface area contributed by atoms with Crippen LogP contribution in [-0.2, 0) is 33.4 Å². The molecular weight excluding hydrogens is 693 g/mol. The van der Waals surface area contributed by atoms with Crippen LogP contribution >= 0.6 is 0 Å². The number of ether oxygens (including phenoxy) is 3. The summed E-state index contributed by atoms with van der Waals surface area (Å²) < 4.78 is 20.8. The molecule has 9 nitrogen and oxygen atoms in total. The number of hydrogen-bond acceptors (Lipinski definition) is 7. The molecule has 9 atom stereocenters. The number of hydrogen-bond donors (Lipinski definition) is 0. The molecule has 4 amide bonds. The predicted molar refractivity (Wildman–Crippen MR) is 205 cm³/mol. The van der Waals surface area contributed by atoms with Gasteiger partial charge in [0.15, 0.2) is 0 Å². The van der Waals surface area contributed by atoms with Gasteiger partial charge in [-0.2, -0.15) is 0 Å². The highest BCUT2D eigenvalue weighted by Crippen LogP contribution is 2.65. The second kappa shape index (κ2) is 14.8. The highest BCUT2D eigenvalue weighted by molar-refractivity contribution is 6.06. The van der Waals surface area contributed by atoms with Crippen LogP contribution in [0.1, 0.15) is 155 Å². The molecule has 2 heterocycles. The summed E-state index contributed by atoms with van der Waals surface area (Å²) in [6.45, 7) is 2.34. The zero-order valence-electron chi connectivity index (χ0n) is 33.8. The molecule has 0 aromatic heterocycles. The van der Waals surface area contributed by atoms with E-state index in [0.717, 1.165) is 94.3 Å². The van der Waals surface area contributed by atoms with Gasteiger partial charge < -0.3 is 14.2 Å². The van der Waals surface area contributed by atoms with Crippen LogP contribution < -0.4 is 0 Å². The lowest BCUT2D eigenvalue weighted by atomic mass is 9.45. The van der Waals surface area contributed by atoms with Crippen LogP contribution in [-0.4, -0.2) is 83.1 Å². The van der Waals surface area contributed by atoms with Crippen molar-refractivity contribution in [3.63, 3.8) is 0 Å². The maximum Gasteiger partial charge on any atom is 0.233 e. The van der Waals surface area contributed by atoms with Gasteiger partial charge in [0.05, 0.1) is 60.3 Å². The number of fused-ring (bicyclic) bond motifs is 2. The van der Waals surface area contributed by atoms with E-state index in [1.807, 2.05) is 0 Å². The topological polar surface area (TPSA) is 102 Å². The lowest BCUT2D eigenvalue weighted by Gasteiger charge is -2.62. The van der Waals surface area contributed by atoms with Crippen molar-refractivity contribution in [3.05, 3.63) is 0 Å². The fourth-order valence-corrected chi connectivity index (χ4v) is 15.3. The van der Waals surface area contributed by atoms with Gasteiger partial charge in [-0.15, -0.1) is 0 Å². The summed E-state index contributed by atoms with van der Waals surface area (Å²) in [5.41, 5.74) is 0.320. The summed E-state index contributed by atoms with van der Waals surface area (Å²) in [5, 5.41) is 0. The minimum Gasteiger partial charge on any atom is -0.375 e. The molecule has 9 saturated carbocycles. The molecule has 0 aromatic rings. The van der Waals surface area contributed by atoms with Crippen LogP contribution in [0.3, 0.4) is 0 Å². The molecule has 11 aliphatic rings. The predicted octanol–water partition coefficient (Wildman–Crippen LogP) is 7.62. The van der Waals surface area contributed by atoms with Crippen molar-refractivity contribution < 1.29 is 33.4 Å². The van der Waals surface area contributed by atoms with Gasteiger partial charge in [0, 0.05) is 13.1 Å². The molecule has 9 aliphatic carbocycles. The summed E-state index contributed by atoms with van der Waals surface area (Å²) >= 11 is 0. The normalized spacial score (nSPS) is 49.8. The first-order chi connectivity index (χ1) is 26.6. The Kier molecular flexibility index (Phi) is 10.0. The van der Waals surface area contributed by atoms with Crippen LogP contribution in [0, 0.1) is 58.7 Å². The molecule has 304 valence electrons. The monoisotopic (exact) mass is 761 g/mol. The van der Waals surface area contributed by atoms with Gasteiger partial charge in [0.1, 0.15) is 0 Å². The van der Waals surface area contributed by atoms with Crippen LogP contribution in [0.25, 0.3) is 0 Å². The first-order valence-electron chi connectivity index (χ1n) is 23.3. The minimum absolute atomic E-state index is 0.00422. The molecule has 11 rings (SSSR count). The second-order valence-electron chi connectivity index (χ2n) is 21.2. The molecule has 55 heavy (non-hydrogen) atoms. The van der Waals surface area contributed by atoms with E-state index in [1.165, 1.54) is 69.1 Å². The zero-order valence-corrected chi connectivity index (χ0v) is 33.8. The highest BCUT2D eigenvalue weighted by atomic mass is 16.5. The van der Waals surface area contributed by atoms with Crippen molar-refractivity contribution in [1.82, 2.24) is 9.80 Å².